The van der Waals surface area contributed by atoms with Crippen molar-refractivity contribution < 1.29 is 4.74 Å². The summed E-state index contributed by atoms with van der Waals surface area (Å²) in [6.45, 7) is 21.3. The molecule has 1 atom stereocenters. The summed E-state index contributed by atoms with van der Waals surface area (Å²) in [7, 11) is 0. The molecule has 1 heterocycles. The fourth-order valence-corrected chi connectivity index (χ4v) is 9.68. The minimum Gasteiger partial charge on any atom is -0.470 e. The van der Waals surface area contributed by atoms with E-state index < -0.39 is 0 Å². The lowest BCUT2D eigenvalue weighted by molar-refractivity contribution is 0.153. The van der Waals surface area contributed by atoms with Crippen molar-refractivity contribution in [2.75, 3.05) is 0 Å². The van der Waals surface area contributed by atoms with Gasteiger partial charge in [0.15, 0.2) is 0 Å². The van der Waals surface area contributed by atoms with Crippen molar-refractivity contribution in [1.29, 1.82) is 0 Å². The molecular weight excluding hydrogens is 849 g/mol. The van der Waals surface area contributed by atoms with Crippen LogP contribution in [0.5, 0.6) is 0 Å². The normalized spacial score (nSPS) is 15.5. The molecule has 1 unspecified atom stereocenters. The fourth-order valence-electron chi connectivity index (χ4n) is 9.68. The zero-order valence-electron chi connectivity index (χ0n) is 41.2. The van der Waals surface area contributed by atoms with Gasteiger partial charge in [0.05, 0.1) is 11.0 Å². The van der Waals surface area contributed by atoms with Crippen molar-refractivity contribution in [2.24, 2.45) is 4.99 Å². The van der Waals surface area contributed by atoms with E-state index in [1.54, 1.807) is 0 Å². The highest BCUT2D eigenvalue weighted by Gasteiger charge is 2.21. The lowest BCUT2D eigenvalue weighted by Gasteiger charge is -2.21. The highest BCUT2D eigenvalue weighted by molar-refractivity contribution is 6.19. The minimum atomic E-state index is -0.281. The molecule has 0 aliphatic heterocycles. The van der Waals surface area contributed by atoms with E-state index in [1.807, 2.05) is 26.0 Å². The molecule has 0 N–H and O–H groups in total. The number of aromatic nitrogens is 1. The lowest BCUT2D eigenvalue weighted by Crippen LogP contribution is -2.12. The number of rotatable bonds is 11. The van der Waals surface area contributed by atoms with Crippen LogP contribution < -0.4 is 0 Å². The molecule has 10 rings (SSSR count). The van der Waals surface area contributed by atoms with Crippen LogP contribution in [-0.2, 0) is 4.74 Å². The number of fused-ring (bicyclic) bond motifs is 6. The van der Waals surface area contributed by atoms with Gasteiger partial charge in [-0.1, -0.05) is 196 Å². The van der Waals surface area contributed by atoms with Crippen LogP contribution in [-0.4, -0.2) is 16.4 Å². The van der Waals surface area contributed by atoms with E-state index in [4.69, 9.17) is 9.73 Å². The lowest BCUT2D eigenvalue weighted by atomic mass is 9.86. The maximum atomic E-state index is 7.11. The molecule has 70 heavy (non-hydrogen) atoms. The SMILES string of the molecule is C=Cc1c(/C=C\C)c2cc(-c3ccc4c(c3)c3ccccc3n4-c3ccccc3)c(/C(C)=N/C(OC3C=C/C(c4ccccc4)=C\C=C/C3)=C(/C)C(=C)c3ccc(C)cc3)cc2c2ccccc12.CC. The number of allylic oxidation sites excluding steroid dienone is 7. The second kappa shape index (κ2) is 20.9. The Morgan fingerprint density at radius 3 is 2.07 bits per heavy atom. The van der Waals surface area contributed by atoms with Gasteiger partial charge in [-0.05, 0) is 142 Å². The summed E-state index contributed by atoms with van der Waals surface area (Å²) in [6, 6.07) is 58.6. The second-order valence-corrected chi connectivity index (χ2v) is 17.6. The van der Waals surface area contributed by atoms with E-state index in [-0.39, 0.29) is 6.10 Å². The first-order valence-corrected chi connectivity index (χ1v) is 24.5. The number of para-hydroxylation sites is 2. The molecule has 0 spiro atoms. The molecule has 1 aliphatic rings. The smallest absolute Gasteiger partial charge is 0.217 e. The summed E-state index contributed by atoms with van der Waals surface area (Å²) in [4.78, 5) is 5.56. The maximum Gasteiger partial charge on any atom is 0.217 e. The third-order valence-corrected chi connectivity index (χ3v) is 13.3. The maximum absolute atomic E-state index is 7.11. The van der Waals surface area contributed by atoms with Crippen LogP contribution in [0.1, 0.15) is 74.4 Å². The third-order valence-electron chi connectivity index (χ3n) is 13.3. The third kappa shape index (κ3) is 9.19. The van der Waals surface area contributed by atoms with Gasteiger partial charge in [-0.15, -0.1) is 0 Å². The van der Waals surface area contributed by atoms with Crippen molar-refractivity contribution in [3.63, 3.8) is 0 Å². The first-order chi connectivity index (χ1) is 34.3. The van der Waals surface area contributed by atoms with E-state index in [1.165, 1.54) is 21.9 Å². The Labute approximate surface area is 413 Å². The van der Waals surface area contributed by atoms with E-state index in [0.717, 1.165) is 94.1 Å². The van der Waals surface area contributed by atoms with E-state index in [0.29, 0.717) is 12.3 Å². The number of ether oxygens (including phenoxy) is 1. The summed E-state index contributed by atoms with van der Waals surface area (Å²) < 4.78 is 9.48. The zero-order valence-corrected chi connectivity index (χ0v) is 41.2. The summed E-state index contributed by atoms with van der Waals surface area (Å²) in [5, 5.41) is 7.01. The second-order valence-electron chi connectivity index (χ2n) is 17.6. The molecule has 0 fully saturated rings. The van der Waals surface area contributed by atoms with Crippen LogP contribution in [0.25, 0.3) is 83.5 Å². The van der Waals surface area contributed by atoms with Crippen LogP contribution in [0.4, 0.5) is 0 Å². The van der Waals surface area contributed by atoms with Gasteiger partial charge >= 0.3 is 0 Å². The Morgan fingerprint density at radius 1 is 0.671 bits per heavy atom. The van der Waals surface area contributed by atoms with Gasteiger partial charge in [0.25, 0.3) is 0 Å². The predicted octanol–water partition coefficient (Wildman–Crippen LogP) is 18.5. The molecule has 0 bridgehead atoms. The minimum absolute atomic E-state index is 0.281. The van der Waals surface area contributed by atoms with Gasteiger partial charge in [0.2, 0.25) is 5.88 Å². The number of nitrogens with zero attached hydrogens (tertiary/aromatic N) is 2. The number of benzene rings is 8. The first-order valence-electron chi connectivity index (χ1n) is 24.5. The summed E-state index contributed by atoms with van der Waals surface area (Å²) in [6.07, 6.45) is 17.5. The summed E-state index contributed by atoms with van der Waals surface area (Å²) in [5.41, 5.74) is 16.0. The van der Waals surface area contributed by atoms with E-state index in [9.17, 15) is 0 Å². The molecule has 344 valence electrons. The van der Waals surface area contributed by atoms with E-state index in [2.05, 4.69) is 246 Å². The van der Waals surface area contributed by atoms with Crippen molar-refractivity contribution in [3.05, 3.63) is 258 Å². The molecule has 3 heteroatoms. The van der Waals surface area contributed by atoms with Gasteiger partial charge in [-0.25, -0.2) is 4.99 Å². The van der Waals surface area contributed by atoms with Crippen LogP contribution in [0.3, 0.4) is 0 Å². The molecule has 9 aromatic rings. The van der Waals surface area contributed by atoms with Crippen LogP contribution in [0.15, 0.2) is 230 Å². The van der Waals surface area contributed by atoms with Crippen LogP contribution in [0, 0.1) is 6.92 Å². The van der Waals surface area contributed by atoms with Crippen molar-refractivity contribution in [3.8, 4) is 16.8 Å². The zero-order chi connectivity index (χ0) is 48.7. The first kappa shape index (κ1) is 46.8. The molecule has 0 saturated heterocycles. The number of hydrogen-bond acceptors (Lipinski definition) is 2. The topological polar surface area (TPSA) is 26.5 Å². The fraction of sp³-hybridized carbons (Fsp3) is 0.119. The highest BCUT2D eigenvalue weighted by atomic mass is 16.5. The van der Waals surface area contributed by atoms with Gasteiger partial charge in [-0.2, -0.15) is 0 Å². The predicted molar refractivity (Wildman–Crippen MR) is 305 cm³/mol. The van der Waals surface area contributed by atoms with E-state index >= 15 is 0 Å². The van der Waals surface area contributed by atoms with Crippen LogP contribution in [0.2, 0.25) is 0 Å². The molecule has 3 nitrogen and oxygen atoms in total. The summed E-state index contributed by atoms with van der Waals surface area (Å²) in [5.74, 6) is 0.538. The Hall–Kier alpha value is -8.27. The molecule has 0 amide bonds. The van der Waals surface area contributed by atoms with Crippen molar-refractivity contribution >= 4 is 72.4 Å². The monoisotopic (exact) mass is 908 g/mol. The van der Waals surface area contributed by atoms with Crippen molar-refractivity contribution in [1.82, 2.24) is 4.57 Å². The molecular formula is C67H60N2O. The Balaban J connectivity index is 0.00000300. The molecule has 1 aromatic heterocycles. The highest BCUT2D eigenvalue weighted by Crippen LogP contribution is 2.41. The molecule has 8 aromatic carbocycles. The Bertz CT molecular complexity index is 3610. The molecule has 0 radical (unpaired) electrons. The summed E-state index contributed by atoms with van der Waals surface area (Å²) >= 11 is 0. The quantitative estimate of drug-likeness (QED) is 0.0550. The number of aryl methyl sites for hydroxylation is 1. The average Bonchev–Trinajstić information content (AvgIpc) is 3.73. The number of hydrogen-bond donors (Lipinski definition) is 0. The molecule has 1 aliphatic carbocycles. The van der Waals surface area contributed by atoms with Crippen molar-refractivity contribution in [2.45, 2.75) is 54.1 Å². The Morgan fingerprint density at radius 2 is 1.34 bits per heavy atom. The number of aliphatic imine (C=N–C) groups is 1. The Kier molecular flexibility index (Phi) is 14.0. The van der Waals surface area contributed by atoms with Gasteiger partial charge in [0, 0.05) is 39.7 Å². The average molecular weight is 909 g/mol. The largest absolute Gasteiger partial charge is 0.470 e. The van der Waals surface area contributed by atoms with Crippen LogP contribution >= 0.6 is 0 Å². The van der Waals surface area contributed by atoms with Gasteiger partial charge in [-0.3, -0.25) is 0 Å². The molecule has 0 saturated carbocycles. The van der Waals surface area contributed by atoms with Gasteiger partial charge < -0.3 is 9.30 Å². The van der Waals surface area contributed by atoms with Gasteiger partial charge in [0.1, 0.15) is 6.10 Å². The standard InChI is InChI=1S/C65H54N2O.C2H6/c1-7-21-54-53(8-2)55-28-17-18-29-56(55)60-41-58(59(42-61(54)60)50-37-39-64-62(40-50)57-30-19-20-31-63(57)67(64)51-25-13-10-14-26-51)46(6)66-65(45(5)44(4)47-34-32-43(3)33-35-47)68-52-27-16-15-24-49(36-38-52)48-22-11-9-12-23-48;1-2/h7-26,28-42,52H,2,4,27H2,1,3,5-6H3;1-2H3/b16-15-,21-7-,38-36?,49-24+,65-45+,66-46+;.